The van der Waals surface area contributed by atoms with E-state index in [0.717, 1.165) is 17.2 Å². The largest absolute Gasteiger partial charge is 0.454 e. The first-order valence-electron chi connectivity index (χ1n) is 11.5. The van der Waals surface area contributed by atoms with Gasteiger partial charge in [0.25, 0.3) is 17.5 Å². The van der Waals surface area contributed by atoms with Crippen molar-refractivity contribution >= 4 is 34.9 Å². The van der Waals surface area contributed by atoms with E-state index in [2.05, 4.69) is 0 Å². The van der Waals surface area contributed by atoms with Crippen molar-refractivity contribution in [3.05, 3.63) is 129 Å². The molecule has 0 N–H and O–H groups in total. The highest BCUT2D eigenvalue weighted by molar-refractivity contribution is 6.36. The number of nitro benzene ring substituents is 1. The maximum Gasteiger partial charge on any atom is 0.340 e. The molecule has 4 aromatic rings. The average Bonchev–Trinajstić information content (AvgIpc) is 3.21. The maximum absolute atomic E-state index is 13.1. The van der Waals surface area contributed by atoms with E-state index in [0.29, 0.717) is 10.5 Å². The Kier molecular flexibility index (Phi) is 6.32. The fourth-order valence-corrected chi connectivity index (χ4v) is 4.25. The normalized spacial score (nSPS) is 12.3. The Hall–Kier alpha value is -5.44. The Bertz CT molecular complexity index is 1610. The molecule has 0 atom stereocenters. The van der Waals surface area contributed by atoms with Crippen LogP contribution in [0.1, 0.15) is 41.4 Å². The first-order valence-corrected chi connectivity index (χ1v) is 11.5. The molecular weight excluding hydrogens is 488 g/mol. The van der Waals surface area contributed by atoms with Gasteiger partial charge in [-0.15, -0.1) is 0 Å². The third-order valence-corrected chi connectivity index (χ3v) is 6.10. The van der Waals surface area contributed by atoms with Gasteiger partial charge >= 0.3 is 5.97 Å². The van der Waals surface area contributed by atoms with E-state index in [1.54, 1.807) is 24.3 Å². The van der Waals surface area contributed by atoms with Crippen molar-refractivity contribution in [3.63, 3.8) is 0 Å². The minimum atomic E-state index is -0.930. The van der Waals surface area contributed by atoms with Gasteiger partial charge in [-0.1, -0.05) is 72.8 Å². The van der Waals surface area contributed by atoms with Crippen LogP contribution in [0.4, 0.5) is 11.4 Å². The summed E-state index contributed by atoms with van der Waals surface area (Å²) in [6, 6.07) is 25.9. The summed E-state index contributed by atoms with van der Waals surface area (Å²) in [7, 11) is 0. The average molecular weight is 506 g/mol. The van der Waals surface area contributed by atoms with Gasteiger partial charge < -0.3 is 4.74 Å². The summed E-state index contributed by atoms with van der Waals surface area (Å²) >= 11 is 0. The van der Waals surface area contributed by atoms with Crippen LogP contribution < -0.4 is 4.90 Å². The molecule has 38 heavy (non-hydrogen) atoms. The van der Waals surface area contributed by atoms with Gasteiger partial charge in [0.15, 0.2) is 12.4 Å². The van der Waals surface area contributed by atoms with Gasteiger partial charge in [-0.2, -0.15) is 0 Å². The number of para-hydroxylation sites is 1. The third kappa shape index (κ3) is 4.33. The van der Waals surface area contributed by atoms with Crippen molar-refractivity contribution in [2.45, 2.75) is 0 Å². The molecule has 0 aromatic heterocycles. The van der Waals surface area contributed by atoms with Crippen LogP contribution in [-0.4, -0.2) is 35.1 Å². The summed E-state index contributed by atoms with van der Waals surface area (Å²) in [5.41, 5.74) is 1.03. The lowest BCUT2D eigenvalue weighted by Crippen LogP contribution is -2.31. The first-order chi connectivity index (χ1) is 18.4. The zero-order chi connectivity index (χ0) is 26.8. The van der Waals surface area contributed by atoms with E-state index in [1.807, 2.05) is 30.3 Å². The van der Waals surface area contributed by atoms with E-state index in [4.69, 9.17) is 4.74 Å². The predicted octanol–water partition coefficient (Wildman–Crippen LogP) is 5.10. The maximum atomic E-state index is 13.1. The number of imide groups is 1. The molecule has 1 aliphatic heterocycles. The molecule has 1 heterocycles. The molecular formula is C29H18N2O7. The molecule has 0 saturated heterocycles. The van der Waals surface area contributed by atoms with Crippen molar-refractivity contribution < 1.29 is 28.8 Å². The van der Waals surface area contributed by atoms with E-state index in [9.17, 15) is 29.3 Å². The summed E-state index contributed by atoms with van der Waals surface area (Å²) in [6.45, 7) is -0.564. The van der Waals surface area contributed by atoms with Crippen molar-refractivity contribution in [2.24, 2.45) is 0 Å². The van der Waals surface area contributed by atoms with Crippen molar-refractivity contribution in [3.8, 4) is 11.1 Å². The number of amides is 2. The molecule has 4 aromatic carbocycles. The minimum Gasteiger partial charge on any atom is -0.454 e. The van der Waals surface area contributed by atoms with Gasteiger partial charge in [-0.25, -0.2) is 9.69 Å². The molecule has 5 rings (SSSR count). The summed E-state index contributed by atoms with van der Waals surface area (Å²) < 4.78 is 5.22. The number of carbonyl (C=O) groups is 4. The van der Waals surface area contributed by atoms with E-state index < -0.39 is 40.8 Å². The topological polar surface area (TPSA) is 124 Å². The lowest BCUT2D eigenvalue weighted by atomic mass is 10.0. The number of nitrogens with zero attached hydrogens (tertiary/aromatic N) is 2. The molecule has 186 valence electrons. The lowest BCUT2D eigenvalue weighted by molar-refractivity contribution is -0.385. The Morgan fingerprint density at radius 2 is 1.42 bits per heavy atom. The van der Waals surface area contributed by atoms with E-state index in [-0.39, 0.29) is 22.4 Å². The summed E-state index contributed by atoms with van der Waals surface area (Å²) in [6.07, 6.45) is 0. The number of ether oxygens (including phenoxy) is 1. The number of hydrogen-bond donors (Lipinski definition) is 0. The molecule has 0 radical (unpaired) electrons. The van der Waals surface area contributed by atoms with Crippen LogP contribution in [0.15, 0.2) is 97.1 Å². The van der Waals surface area contributed by atoms with Gasteiger partial charge in [0, 0.05) is 11.6 Å². The summed E-state index contributed by atoms with van der Waals surface area (Å²) in [5.74, 6) is -3.09. The van der Waals surface area contributed by atoms with Crippen molar-refractivity contribution in [1.29, 1.82) is 0 Å². The summed E-state index contributed by atoms with van der Waals surface area (Å²) in [4.78, 5) is 63.1. The number of anilines is 1. The number of rotatable bonds is 7. The highest BCUT2D eigenvalue weighted by Crippen LogP contribution is 2.35. The molecule has 0 aliphatic carbocycles. The van der Waals surface area contributed by atoms with Crippen LogP contribution in [0.25, 0.3) is 11.1 Å². The monoisotopic (exact) mass is 506 g/mol. The predicted molar refractivity (Wildman–Crippen MR) is 137 cm³/mol. The third-order valence-electron chi connectivity index (χ3n) is 6.10. The molecule has 0 fully saturated rings. The Morgan fingerprint density at radius 1 is 0.763 bits per heavy atom. The fourth-order valence-electron chi connectivity index (χ4n) is 4.25. The van der Waals surface area contributed by atoms with Gasteiger partial charge in [0.1, 0.15) is 5.56 Å². The first kappa shape index (κ1) is 24.3. The molecule has 0 spiro atoms. The van der Waals surface area contributed by atoms with Gasteiger partial charge in [0.05, 0.1) is 21.7 Å². The number of esters is 1. The minimum absolute atomic E-state index is 0.0994. The second-order valence-corrected chi connectivity index (χ2v) is 8.36. The highest BCUT2D eigenvalue weighted by Gasteiger charge is 2.43. The van der Waals surface area contributed by atoms with E-state index in [1.165, 1.54) is 36.4 Å². The second-order valence-electron chi connectivity index (χ2n) is 8.36. The van der Waals surface area contributed by atoms with Gasteiger partial charge in [0.2, 0.25) is 0 Å². The van der Waals surface area contributed by atoms with Crippen LogP contribution in [-0.2, 0) is 4.74 Å². The Labute approximate surface area is 216 Å². The SMILES string of the molecule is O=C(COC(=O)c1ccccc1N1C(=O)c2cccc([N+](=O)[O-])c2C1=O)c1ccc(-c2ccccc2)cc1. The summed E-state index contributed by atoms with van der Waals surface area (Å²) in [5, 5.41) is 11.4. The van der Waals surface area contributed by atoms with Crippen LogP contribution >= 0.6 is 0 Å². The number of Topliss-reactive ketones (excluding diaryl/α,β-unsaturated/α-hetero) is 1. The number of fused-ring (bicyclic) bond motifs is 1. The smallest absolute Gasteiger partial charge is 0.340 e. The Balaban J connectivity index is 1.34. The molecule has 0 bridgehead atoms. The fraction of sp³-hybridized carbons (Fsp3) is 0.0345. The van der Waals surface area contributed by atoms with Crippen LogP contribution in [0.5, 0.6) is 0 Å². The molecule has 0 unspecified atom stereocenters. The highest BCUT2D eigenvalue weighted by atomic mass is 16.6. The van der Waals surface area contributed by atoms with Crippen LogP contribution in [0, 0.1) is 10.1 Å². The van der Waals surface area contributed by atoms with Crippen molar-refractivity contribution in [2.75, 3.05) is 11.5 Å². The van der Waals surface area contributed by atoms with E-state index >= 15 is 0 Å². The number of ketones is 1. The lowest BCUT2D eigenvalue weighted by Gasteiger charge is -2.17. The number of carbonyl (C=O) groups excluding carboxylic acids is 4. The van der Waals surface area contributed by atoms with Crippen LogP contribution in [0.2, 0.25) is 0 Å². The Morgan fingerprint density at radius 3 is 2.13 bits per heavy atom. The van der Waals surface area contributed by atoms with Crippen LogP contribution in [0.3, 0.4) is 0 Å². The van der Waals surface area contributed by atoms with Crippen molar-refractivity contribution in [1.82, 2.24) is 0 Å². The zero-order valence-corrected chi connectivity index (χ0v) is 19.7. The zero-order valence-electron chi connectivity index (χ0n) is 19.7. The molecule has 1 aliphatic rings. The second kappa shape index (κ2) is 9.90. The molecule has 2 amide bonds. The molecule has 9 nitrogen and oxygen atoms in total. The number of nitro groups is 1. The quantitative estimate of drug-likeness (QED) is 0.112. The molecule has 0 saturated carbocycles. The molecule has 9 heteroatoms. The number of benzene rings is 4. The number of hydrogen-bond acceptors (Lipinski definition) is 7. The standard InChI is InChI=1S/C29H18N2O7/c32-25(20-15-13-19(14-16-20)18-7-2-1-3-8-18)17-38-29(35)21-9-4-5-11-23(21)30-27(33)22-10-6-12-24(31(36)37)26(22)28(30)34/h1-16H,17H2. The van der Waals surface area contributed by atoms with Gasteiger partial charge in [-0.05, 0) is 29.3 Å². The van der Waals surface area contributed by atoms with Gasteiger partial charge in [-0.3, -0.25) is 24.5 Å².